The molecule has 94 valence electrons. The van der Waals surface area contributed by atoms with Crippen LogP contribution in [0.15, 0.2) is 0 Å². The predicted molar refractivity (Wildman–Crippen MR) is 57.9 cm³/mol. The zero-order valence-electron chi connectivity index (χ0n) is 10.2. The first-order valence-electron chi connectivity index (χ1n) is 5.54. The summed E-state index contributed by atoms with van der Waals surface area (Å²) in [6, 6.07) is -0.783. The highest BCUT2D eigenvalue weighted by atomic mass is 19.1. The van der Waals surface area contributed by atoms with Gasteiger partial charge in [-0.05, 0) is 34.1 Å². The Hall–Kier alpha value is -0.840. The maximum absolute atomic E-state index is 13.5. The molecule has 0 aromatic carbocycles. The van der Waals surface area contributed by atoms with Crippen LogP contribution in [0.25, 0.3) is 0 Å². The molecule has 1 saturated heterocycles. The topological polar surface area (TPSA) is 49.8 Å². The third kappa shape index (κ3) is 3.07. The Labute approximate surface area is 95.4 Å². The number of hydrogen-bond acceptors (Lipinski definition) is 3. The van der Waals surface area contributed by atoms with Crippen molar-refractivity contribution < 1.29 is 19.0 Å². The molecule has 0 radical (unpaired) electrons. The highest BCUT2D eigenvalue weighted by Gasteiger charge is 2.41. The Balaban J connectivity index is 2.69. The molecule has 0 spiro atoms. The van der Waals surface area contributed by atoms with Gasteiger partial charge in [-0.1, -0.05) is 0 Å². The molecular formula is C11H20FNO3. The van der Waals surface area contributed by atoms with Crippen LogP contribution in [0.2, 0.25) is 0 Å². The van der Waals surface area contributed by atoms with E-state index in [9.17, 15) is 14.3 Å². The molecule has 1 unspecified atom stereocenters. The van der Waals surface area contributed by atoms with E-state index in [1.54, 1.807) is 20.8 Å². The number of aliphatic hydroxyl groups excluding tert-OH is 1. The minimum Gasteiger partial charge on any atom is -0.444 e. The van der Waals surface area contributed by atoms with E-state index in [1.165, 1.54) is 11.8 Å². The summed E-state index contributed by atoms with van der Waals surface area (Å²) in [5.41, 5.74) is -0.602. The lowest BCUT2D eigenvalue weighted by atomic mass is 10.1. The number of carbonyl (C=O) groups excluding carboxylic acids is 1. The van der Waals surface area contributed by atoms with Crippen molar-refractivity contribution in [2.24, 2.45) is 0 Å². The van der Waals surface area contributed by atoms with Gasteiger partial charge < -0.3 is 9.84 Å². The fourth-order valence-electron chi connectivity index (χ4n) is 1.87. The minimum atomic E-state index is -1.17. The molecule has 5 heteroatoms. The van der Waals surface area contributed by atoms with E-state index in [1.807, 2.05) is 0 Å². The van der Waals surface area contributed by atoms with Crippen LogP contribution in [0.1, 0.15) is 34.1 Å². The lowest BCUT2D eigenvalue weighted by Crippen LogP contribution is -2.47. The van der Waals surface area contributed by atoms with E-state index in [0.717, 1.165) is 0 Å². The summed E-state index contributed by atoms with van der Waals surface area (Å²) in [4.78, 5) is 13.0. The van der Waals surface area contributed by atoms with Crippen LogP contribution < -0.4 is 0 Å². The largest absolute Gasteiger partial charge is 0.444 e. The fraction of sp³-hybridized carbons (Fsp3) is 0.909. The van der Waals surface area contributed by atoms with Crippen molar-refractivity contribution in [1.82, 2.24) is 4.90 Å². The molecule has 0 saturated carbocycles. The average molecular weight is 233 g/mol. The summed E-state index contributed by atoms with van der Waals surface area (Å²) in [6.07, 6.45) is -2.36. The van der Waals surface area contributed by atoms with Gasteiger partial charge in [-0.3, -0.25) is 4.90 Å². The summed E-state index contributed by atoms with van der Waals surface area (Å²) in [5.74, 6) is 0. The highest BCUT2D eigenvalue weighted by Crippen LogP contribution is 2.25. The SMILES string of the molecule is CC(O)[C@@H]1[C@H](F)CCN1C(=O)OC(C)(C)C. The zero-order chi connectivity index (χ0) is 12.5. The molecule has 0 bridgehead atoms. The van der Waals surface area contributed by atoms with Gasteiger partial charge in [-0.25, -0.2) is 9.18 Å². The van der Waals surface area contributed by atoms with Crippen LogP contribution in [-0.4, -0.2) is 46.6 Å². The third-order valence-electron chi connectivity index (χ3n) is 2.50. The van der Waals surface area contributed by atoms with E-state index in [2.05, 4.69) is 0 Å². The van der Waals surface area contributed by atoms with Crippen molar-refractivity contribution in [3.05, 3.63) is 0 Å². The Morgan fingerprint density at radius 1 is 1.56 bits per heavy atom. The summed E-state index contributed by atoms with van der Waals surface area (Å²) in [5, 5.41) is 9.45. The van der Waals surface area contributed by atoms with Gasteiger partial charge in [-0.2, -0.15) is 0 Å². The molecule has 1 rings (SSSR count). The molecule has 16 heavy (non-hydrogen) atoms. The number of halogens is 1. The van der Waals surface area contributed by atoms with E-state index >= 15 is 0 Å². The Bertz CT molecular complexity index is 262. The molecule has 4 nitrogen and oxygen atoms in total. The highest BCUT2D eigenvalue weighted by molar-refractivity contribution is 5.69. The maximum Gasteiger partial charge on any atom is 0.410 e. The summed E-state index contributed by atoms with van der Waals surface area (Å²) in [7, 11) is 0. The van der Waals surface area contributed by atoms with Crippen LogP contribution in [0, 0.1) is 0 Å². The monoisotopic (exact) mass is 233 g/mol. The van der Waals surface area contributed by atoms with Crippen molar-refractivity contribution in [2.45, 2.75) is 58.0 Å². The molecule has 1 aliphatic heterocycles. The molecule has 1 aliphatic rings. The van der Waals surface area contributed by atoms with Crippen molar-refractivity contribution in [3.63, 3.8) is 0 Å². The maximum atomic E-state index is 13.5. The predicted octanol–water partition coefficient (Wildman–Crippen LogP) is 1.71. The number of alkyl halides is 1. The summed E-state index contributed by atoms with van der Waals surface area (Å²) >= 11 is 0. The van der Waals surface area contributed by atoms with Gasteiger partial charge in [0.25, 0.3) is 0 Å². The lowest BCUT2D eigenvalue weighted by molar-refractivity contribution is -0.0000955. The lowest BCUT2D eigenvalue weighted by Gasteiger charge is -2.30. The molecule has 3 atom stereocenters. The Morgan fingerprint density at radius 3 is 2.56 bits per heavy atom. The Kier molecular flexibility index (Phi) is 3.78. The van der Waals surface area contributed by atoms with E-state index in [4.69, 9.17) is 4.74 Å². The summed E-state index contributed by atoms with van der Waals surface area (Å²) < 4.78 is 18.6. The van der Waals surface area contributed by atoms with E-state index in [0.29, 0.717) is 6.54 Å². The van der Waals surface area contributed by atoms with E-state index in [-0.39, 0.29) is 6.42 Å². The second-order valence-corrected chi connectivity index (χ2v) is 5.21. The van der Waals surface area contributed by atoms with Gasteiger partial charge in [0, 0.05) is 6.54 Å². The minimum absolute atomic E-state index is 0.259. The van der Waals surface area contributed by atoms with Crippen LogP contribution >= 0.6 is 0 Å². The number of aliphatic hydroxyl groups is 1. The molecule has 0 aromatic heterocycles. The number of carbonyl (C=O) groups is 1. The molecule has 1 heterocycles. The first-order valence-corrected chi connectivity index (χ1v) is 5.54. The number of ether oxygens (including phenoxy) is 1. The molecule has 1 fully saturated rings. The van der Waals surface area contributed by atoms with Gasteiger partial charge >= 0.3 is 6.09 Å². The van der Waals surface area contributed by atoms with Gasteiger partial charge in [0.05, 0.1) is 12.1 Å². The van der Waals surface area contributed by atoms with Gasteiger partial charge in [0.15, 0.2) is 0 Å². The van der Waals surface area contributed by atoms with E-state index < -0.39 is 30.0 Å². The number of rotatable bonds is 1. The number of hydrogen-bond donors (Lipinski definition) is 1. The molecular weight excluding hydrogens is 213 g/mol. The first-order chi connectivity index (χ1) is 7.22. The summed E-state index contributed by atoms with van der Waals surface area (Å²) in [6.45, 7) is 7.05. The second kappa shape index (κ2) is 4.57. The normalized spacial score (nSPS) is 28.0. The van der Waals surface area contributed by atoms with Crippen LogP contribution in [0.3, 0.4) is 0 Å². The number of likely N-dealkylation sites (tertiary alicyclic amines) is 1. The number of amides is 1. The van der Waals surface area contributed by atoms with Crippen LogP contribution in [0.4, 0.5) is 9.18 Å². The van der Waals surface area contributed by atoms with Crippen LogP contribution in [-0.2, 0) is 4.74 Å². The van der Waals surface area contributed by atoms with Gasteiger partial charge in [0.2, 0.25) is 0 Å². The van der Waals surface area contributed by atoms with Gasteiger partial charge in [0.1, 0.15) is 11.8 Å². The van der Waals surface area contributed by atoms with Crippen LogP contribution in [0.5, 0.6) is 0 Å². The molecule has 0 aromatic rings. The smallest absolute Gasteiger partial charge is 0.410 e. The average Bonchev–Trinajstić information content (AvgIpc) is 2.43. The van der Waals surface area contributed by atoms with Gasteiger partial charge in [-0.15, -0.1) is 0 Å². The molecule has 0 aliphatic carbocycles. The standard InChI is InChI=1S/C11H20FNO3/c1-7(14)9-8(12)5-6-13(9)10(15)16-11(2,3)4/h7-9,14H,5-6H2,1-4H3/t7?,8-,9-/m1/s1. The van der Waals surface area contributed by atoms with Crippen molar-refractivity contribution in [3.8, 4) is 0 Å². The first kappa shape index (κ1) is 13.2. The quantitative estimate of drug-likeness (QED) is 0.750. The second-order valence-electron chi connectivity index (χ2n) is 5.21. The van der Waals surface area contributed by atoms with Crippen molar-refractivity contribution >= 4 is 6.09 Å². The van der Waals surface area contributed by atoms with Crippen molar-refractivity contribution in [2.75, 3.05) is 6.54 Å². The Morgan fingerprint density at radius 2 is 2.12 bits per heavy atom. The third-order valence-corrected chi connectivity index (χ3v) is 2.50. The van der Waals surface area contributed by atoms with Crippen molar-refractivity contribution in [1.29, 1.82) is 0 Å². The fourth-order valence-corrected chi connectivity index (χ4v) is 1.87. The number of nitrogens with zero attached hydrogens (tertiary/aromatic N) is 1. The molecule has 1 N–H and O–H groups in total. The zero-order valence-corrected chi connectivity index (χ0v) is 10.2. The molecule has 1 amide bonds.